The van der Waals surface area contributed by atoms with Crippen molar-refractivity contribution in [2.45, 2.75) is 24.8 Å². The summed E-state index contributed by atoms with van der Waals surface area (Å²) >= 11 is 0. The van der Waals surface area contributed by atoms with Crippen molar-refractivity contribution in [1.29, 1.82) is 0 Å². The number of aromatic nitrogens is 3. The number of hydrogen-bond donors (Lipinski definition) is 2. The van der Waals surface area contributed by atoms with E-state index in [1.54, 1.807) is 17.2 Å². The Morgan fingerprint density at radius 1 is 0.946 bits per heavy atom. The molecule has 8 nitrogen and oxygen atoms in total. The summed E-state index contributed by atoms with van der Waals surface area (Å²) in [5.74, 6) is 0.447. The molecule has 2 aliphatic heterocycles. The van der Waals surface area contributed by atoms with Crippen molar-refractivity contribution in [3.8, 4) is 0 Å². The Bertz CT molecular complexity index is 1930. The van der Waals surface area contributed by atoms with Crippen LogP contribution in [0.4, 0.5) is 11.5 Å². The number of anilines is 2. The van der Waals surface area contributed by atoms with Gasteiger partial charge in [0.25, 0.3) is 5.91 Å². The topological polar surface area (TPSA) is 108 Å². The van der Waals surface area contributed by atoms with Crippen molar-refractivity contribution < 1.29 is 9.59 Å². The number of rotatable bonds is 2. The summed E-state index contributed by atoms with van der Waals surface area (Å²) in [6.07, 6.45) is 2.93. The van der Waals surface area contributed by atoms with Gasteiger partial charge in [0, 0.05) is 28.6 Å². The van der Waals surface area contributed by atoms with Crippen LogP contribution < -0.4 is 15.8 Å². The third kappa shape index (κ3) is 2.69. The van der Waals surface area contributed by atoms with Gasteiger partial charge in [-0.1, -0.05) is 18.2 Å². The van der Waals surface area contributed by atoms with Crippen molar-refractivity contribution in [2.75, 3.05) is 10.2 Å². The highest BCUT2D eigenvalue weighted by Gasteiger charge is 2.51. The van der Waals surface area contributed by atoms with Gasteiger partial charge in [-0.15, -0.1) is 0 Å². The molecule has 5 aromatic rings. The van der Waals surface area contributed by atoms with Gasteiger partial charge in [0.15, 0.2) is 0 Å². The van der Waals surface area contributed by atoms with E-state index in [1.165, 1.54) is 6.07 Å². The number of nitrogens with zero attached hydrogens (tertiary/aromatic N) is 3. The number of carbonyl (C=O) groups excluding carboxylic acids is 2. The number of amides is 2. The fraction of sp³-hybridized carbons (Fsp3) is 0.138. The smallest absolute Gasteiger partial charge is 0.259 e. The molecule has 1 atom stereocenters. The van der Waals surface area contributed by atoms with E-state index < -0.39 is 5.41 Å². The lowest BCUT2D eigenvalue weighted by Gasteiger charge is -2.20. The van der Waals surface area contributed by atoms with Gasteiger partial charge in [-0.3, -0.25) is 19.4 Å². The predicted octanol–water partition coefficient (Wildman–Crippen LogP) is 3.62. The van der Waals surface area contributed by atoms with Gasteiger partial charge < -0.3 is 15.2 Å². The van der Waals surface area contributed by atoms with Gasteiger partial charge in [0.1, 0.15) is 5.82 Å². The lowest BCUT2D eigenvalue weighted by molar-refractivity contribution is -0.120. The number of nitrogens with one attached hydrogen (secondary N) is 2. The number of H-pyrrole nitrogens is 1. The molecule has 1 spiro atoms. The molecule has 2 aromatic carbocycles. The van der Waals surface area contributed by atoms with E-state index in [-0.39, 0.29) is 17.4 Å². The third-order valence-corrected chi connectivity index (χ3v) is 7.97. The van der Waals surface area contributed by atoms with Crippen LogP contribution in [0, 0.1) is 0 Å². The molecule has 1 aliphatic carbocycles. The quantitative estimate of drug-likeness (QED) is 0.397. The van der Waals surface area contributed by atoms with E-state index >= 15 is 0 Å². The van der Waals surface area contributed by atoms with Crippen LogP contribution in [0.1, 0.15) is 32.7 Å². The number of fused-ring (bicyclic) bond motifs is 4. The van der Waals surface area contributed by atoms with Crippen molar-refractivity contribution >= 4 is 45.1 Å². The Morgan fingerprint density at radius 2 is 1.81 bits per heavy atom. The molecule has 3 aromatic heterocycles. The zero-order chi connectivity index (χ0) is 24.9. The maximum absolute atomic E-state index is 13.2. The van der Waals surface area contributed by atoms with Gasteiger partial charge in [-0.05, 0) is 60.4 Å². The lowest BCUT2D eigenvalue weighted by Crippen LogP contribution is -2.35. The van der Waals surface area contributed by atoms with Crippen molar-refractivity contribution in [3.63, 3.8) is 0 Å². The Kier molecular flexibility index (Phi) is 3.79. The Hall–Kier alpha value is -4.85. The second-order valence-electron chi connectivity index (χ2n) is 10.0. The van der Waals surface area contributed by atoms with E-state index in [9.17, 15) is 14.4 Å². The summed E-state index contributed by atoms with van der Waals surface area (Å²) in [5, 5.41) is 4.71. The van der Waals surface area contributed by atoms with E-state index in [2.05, 4.69) is 27.4 Å². The standard InChI is InChI=1S/C29H19N5O3/c35-24-11-19-25-21(32-24)4-1-5-23(25)34(27(19)36)14-18-7-6-15-9-16-12-29(13-17(16)10-22(15)31-18)20-3-2-8-30-26(20)33-28(29)37/h1-11H,12-14H2,(H,32,35)(H,30,33,37)/t29-/m0/s1. The highest BCUT2D eigenvalue weighted by atomic mass is 16.2. The molecule has 2 N–H and O–H groups in total. The molecule has 0 bridgehead atoms. The average Bonchev–Trinajstić information content (AvgIpc) is 3.49. The first kappa shape index (κ1) is 20.4. The van der Waals surface area contributed by atoms with Gasteiger partial charge in [-0.25, -0.2) is 4.98 Å². The molecule has 5 heterocycles. The minimum atomic E-state index is -0.629. The van der Waals surface area contributed by atoms with Crippen LogP contribution in [0.5, 0.6) is 0 Å². The molecule has 3 aliphatic rings. The van der Waals surface area contributed by atoms with Crippen LogP contribution in [-0.4, -0.2) is 26.8 Å². The minimum Gasteiger partial charge on any atom is -0.322 e. The highest BCUT2D eigenvalue weighted by molar-refractivity contribution is 6.24. The van der Waals surface area contributed by atoms with Crippen LogP contribution in [0.15, 0.2) is 71.7 Å². The first-order valence-corrected chi connectivity index (χ1v) is 12.2. The first-order chi connectivity index (χ1) is 18.0. The lowest BCUT2D eigenvalue weighted by atomic mass is 9.79. The molecule has 37 heavy (non-hydrogen) atoms. The molecular weight excluding hydrogens is 466 g/mol. The Balaban J connectivity index is 1.16. The molecule has 8 rings (SSSR count). The third-order valence-electron chi connectivity index (χ3n) is 7.97. The maximum atomic E-state index is 13.2. The van der Waals surface area contributed by atoms with E-state index in [0.717, 1.165) is 44.4 Å². The zero-order valence-corrected chi connectivity index (χ0v) is 19.5. The predicted molar refractivity (Wildman–Crippen MR) is 139 cm³/mol. The number of benzene rings is 2. The summed E-state index contributed by atoms with van der Waals surface area (Å²) in [6, 6.07) is 18.9. The van der Waals surface area contributed by atoms with E-state index in [1.807, 2.05) is 36.4 Å². The van der Waals surface area contributed by atoms with Crippen molar-refractivity contribution in [1.82, 2.24) is 15.0 Å². The van der Waals surface area contributed by atoms with Crippen LogP contribution in [-0.2, 0) is 29.6 Å². The van der Waals surface area contributed by atoms with Crippen LogP contribution in [0.25, 0.3) is 21.8 Å². The second-order valence-corrected chi connectivity index (χ2v) is 10.0. The van der Waals surface area contributed by atoms with Crippen molar-refractivity contribution in [3.05, 3.63) is 105 Å². The molecule has 0 fully saturated rings. The summed E-state index contributed by atoms with van der Waals surface area (Å²) in [7, 11) is 0. The van der Waals surface area contributed by atoms with Crippen LogP contribution in [0.2, 0.25) is 0 Å². The first-order valence-electron chi connectivity index (χ1n) is 12.2. The Labute approximate surface area is 210 Å². The van der Waals surface area contributed by atoms with Crippen molar-refractivity contribution in [2.24, 2.45) is 0 Å². The van der Waals surface area contributed by atoms with E-state index in [4.69, 9.17) is 4.98 Å². The molecular formula is C29H19N5O3. The summed E-state index contributed by atoms with van der Waals surface area (Å²) < 4.78 is 0. The molecule has 0 radical (unpaired) electrons. The van der Waals surface area contributed by atoms with Crippen LogP contribution in [0.3, 0.4) is 0 Å². The summed E-state index contributed by atoms with van der Waals surface area (Å²) in [5.41, 5.74) is 5.71. The molecule has 178 valence electrons. The number of hydrogen-bond acceptors (Lipinski definition) is 5. The monoisotopic (exact) mass is 485 g/mol. The normalized spacial score (nSPS) is 19.2. The number of pyridine rings is 3. The molecule has 8 heteroatoms. The second kappa shape index (κ2) is 6.88. The number of carbonyl (C=O) groups is 2. The fourth-order valence-electron chi connectivity index (χ4n) is 6.29. The Morgan fingerprint density at radius 3 is 2.70 bits per heavy atom. The van der Waals surface area contributed by atoms with Gasteiger partial charge in [0.2, 0.25) is 11.5 Å². The SMILES string of the molecule is O=C1c2cc(=O)[nH]c3cccc(c23)N1Cc1ccc2cc3c(cc2n1)C[C@]1(C3)C(=O)Nc2ncccc21. The molecule has 0 saturated heterocycles. The summed E-state index contributed by atoms with van der Waals surface area (Å²) in [6.45, 7) is 0.291. The number of aromatic amines is 1. The molecule has 0 unspecified atom stereocenters. The van der Waals surface area contributed by atoms with Gasteiger partial charge in [-0.2, -0.15) is 0 Å². The zero-order valence-electron chi connectivity index (χ0n) is 19.5. The maximum Gasteiger partial charge on any atom is 0.259 e. The summed E-state index contributed by atoms with van der Waals surface area (Å²) in [4.78, 5) is 52.1. The molecule has 2 amide bonds. The molecule has 0 saturated carbocycles. The van der Waals surface area contributed by atoms with Gasteiger partial charge >= 0.3 is 0 Å². The largest absolute Gasteiger partial charge is 0.322 e. The van der Waals surface area contributed by atoms with Gasteiger partial charge in [0.05, 0.1) is 39.9 Å². The highest BCUT2D eigenvalue weighted by Crippen LogP contribution is 2.47. The fourth-order valence-corrected chi connectivity index (χ4v) is 6.29. The van der Waals surface area contributed by atoms with E-state index in [0.29, 0.717) is 36.3 Å². The minimum absolute atomic E-state index is 0.00475. The van der Waals surface area contributed by atoms with Crippen LogP contribution >= 0.6 is 0 Å². The average molecular weight is 486 g/mol.